The van der Waals surface area contributed by atoms with Crippen LogP contribution in [0.4, 0.5) is 4.39 Å². The van der Waals surface area contributed by atoms with E-state index in [1.807, 2.05) is 10.8 Å². The SMILES string of the molecule is C=CC[C@]1(Cn2ccnc2)Sc2cc(F)ccc2[C@@H]1O. The van der Waals surface area contributed by atoms with Crippen LogP contribution in [0.5, 0.6) is 0 Å². The minimum atomic E-state index is -0.650. The number of benzene rings is 1. The molecular formula is C15H15FN2OS. The number of aliphatic hydroxyl groups is 1. The van der Waals surface area contributed by atoms with Crippen molar-refractivity contribution in [2.75, 3.05) is 0 Å². The van der Waals surface area contributed by atoms with Gasteiger partial charge in [0.1, 0.15) is 5.82 Å². The maximum Gasteiger partial charge on any atom is 0.124 e. The molecule has 0 unspecified atom stereocenters. The molecule has 1 N–H and O–H groups in total. The Bertz CT molecular complexity index is 629. The molecule has 2 heterocycles. The van der Waals surface area contributed by atoms with E-state index in [9.17, 15) is 9.50 Å². The minimum Gasteiger partial charge on any atom is -0.387 e. The van der Waals surface area contributed by atoms with Gasteiger partial charge >= 0.3 is 0 Å². The first-order chi connectivity index (χ1) is 9.64. The van der Waals surface area contributed by atoms with Crippen LogP contribution in [0.1, 0.15) is 18.1 Å². The smallest absolute Gasteiger partial charge is 0.124 e. The largest absolute Gasteiger partial charge is 0.387 e. The van der Waals surface area contributed by atoms with E-state index >= 15 is 0 Å². The van der Waals surface area contributed by atoms with E-state index in [1.54, 1.807) is 24.7 Å². The van der Waals surface area contributed by atoms with E-state index < -0.39 is 10.9 Å². The van der Waals surface area contributed by atoms with Crippen molar-refractivity contribution in [2.24, 2.45) is 0 Å². The third-order valence-corrected chi connectivity index (χ3v) is 5.08. The second-order valence-electron chi connectivity index (χ2n) is 4.98. The fourth-order valence-electron chi connectivity index (χ4n) is 2.65. The summed E-state index contributed by atoms with van der Waals surface area (Å²) in [5.41, 5.74) is 0.790. The van der Waals surface area contributed by atoms with Gasteiger partial charge in [-0.15, -0.1) is 18.3 Å². The highest BCUT2D eigenvalue weighted by Gasteiger charge is 2.46. The second-order valence-corrected chi connectivity index (χ2v) is 6.44. The molecule has 0 saturated carbocycles. The Morgan fingerprint density at radius 3 is 3.10 bits per heavy atom. The third kappa shape index (κ3) is 2.17. The van der Waals surface area contributed by atoms with Crippen molar-refractivity contribution in [3.05, 3.63) is 61.0 Å². The highest BCUT2D eigenvalue weighted by molar-refractivity contribution is 8.01. The van der Waals surface area contributed by atoms with Crippen LogP contribution in [0.3, 0.4) is 0 Å². The lowest BCUT2D eigenvalue weighted by Crippen LogP contribution is -2.33. The van der Waals surface area contributed by atoms with Gasteiger partial charge in [0.05, 0.1) is 17.2 Å². The molecular weight excluding hydrogens is 275 g/mol. The molecule has 2 aromatic rings. The fourth-order valence-corrected chi connectivity index (χ4v) is 4.21. The summed E-state index contributed by atoms with van der Waals surface area (Å²) in [5.74, 6) is -0.277. The molecule has 0 aliphatic carbocycles. The molecule has 0 amide bonds. The van der Waals surface area contributed by atoms with E-state index in [0.29, 0.717) is 13.0 Å². The lowest BCUT2D eigenvalue weighted by atomic mass is 9.92. The molecule has 3 nitrogen and oxygen atoms in total. The zero-order valence-corrected chi connectivity index (χ0v) is 11.7. The van der Waals surface area contributed by atoms with Gasteiger partial charge < -0.3 is 9.67 Å². The lowest BCUT2D eigenvalue weighted by molar-refractivity contribution is 0.123. The van der Waals surface area contributed by atoms with Crippen LogP contribution in [0.2, 0.25) is 0 Å². The van der Waals surface area contributed by atoms with E-state index in [4.69, 9.17) is 0 Å². The summed E-state index contributed by atoms with van der Waals surface area (Å²) in [5, 5.41) is 10.7. The summed E-state index contributed by atoms with van der Waals surface area (Å²) in [7, 11) is 0. The second kappa shape index (κ2) is 5.07. The predicted molar refractivity (Wildman–Crippen MR) is 77.0 cm³/mol. The van der Waals surface area contributed by atoms with Gasteiger partial charge in [0, 0.05) is 23.8 Å². The molecule has 104 valence electrons. The van der Waals surface area contributed by atoms with Gasteiger partial charge in [0.15, 0.2) is 0 Å². The Labute approximate surface area is 121 Å². The van der Waals surface area contributed by atoms with Crippen molar-refractivity contribution < 1.29 is 9.50 Å². The highest BCUT2D eigenvalue weighted by Crippen LogP contribution is 2.54. The first-order valence-corrected chi connectivity index (χ1v) is 7.19. The first-order valence-electron chi connectivity index (χ1n) is 6.38. The third-order valence-electron chi connectivity index (χ3n) is 3.58. The van der Waals surface area contributed by atoms with E-state index in [1.165, 1.54) is 23.9 Å². The molecule has 2 atom stereocenters. The van der Waals surface area contributed by atoms with Crippen LogP contribution in [-0.4, -0.2) is 19.4 Å². The van der Waals surface area contributed by atoms with Crippen molar-refractivity contribution in [3.63, 3.8) is 0 Å². The summed E-state index contributed by atoms with van der Waals surface area (Å²) >= 11 is 1.52. The summed E-state index contributed by atoms with van der Waals surface area (Å²) < 4.78 is 14.8. The molecule has 1 aliphatic rings. The number of thioether (sulfide) groups is 1. The maximum absolute atomic E-state index is 13.4. The van der Waals surface area contributed by atoms with Crippen LogP contribution in [0.15, 0.2) is 54.5 Å². The predicted octanol–water partition coefficient (Wildman–Crippen LogP) is 3.18. The molecule has 5 heteroatoms. The molecule has 1 aromatic heterocycles. The fraction of sp³-hybridized carbons (Fsp3) is 0.267. The normalized spacial score (nSPS) is 24.6. The number of allylic oxidation sites excluding steroid dienone is 1. The van der Waals surface area contributed by atoms with Crippen LogP contribution in [-0.2, 0) is 6.54 Å². The van der Waals surface area contributed by atoms with Crippen LogP contribution in [0.25, 0.3) is 0 Å². The Balaban J connectivity index is 1.98. The van der Waals surface area contributed by atoms with Gasteiger partial charge in [0.25, 0.3) is 0 Å². The van der Waals surface area contributed by atoms with Crippen molar-refractivity contribution >= 4 is 11.8 Å². The molecule has 0 spiro atoms. The van der Waals surface area contributed by atoms with E-state index in [2.05, 4.69) is 11.6 Å². The van der Waals surface area contributed by atoms with E-state index in [0.717, 1.165) is 10.5 Å². The molecule has 1 aliphatic heterocycles. The summed E-state index contributed by atoms with van der Waals surface area (Å²) in [4.78, 5) is 4.84. The Hall–Kier alpha value is -1.59. The maximum atomic E-state index is 13.4. The lowest BCUT2D eigenvalue weighted by Gasteiger charge is -2.31. The zero-order valence-electron chi connectivity index (χ0n) is 10.9. The van der Waals surface area contributed by atoms with Gasteiger partial charge in [-0.25, -0.2) is 9.37 Å². The number of halogens is 1. The molecule has 20 heavy (non-hydrogen) atoms. The zero-order chi connectivity index (χ0) is 14.2. The molecule has 0 fully saturated rings. The molecule has 3 rings (SSSR count). The van der Waals surface area contributed by atoms with Crippen LogP contribution in [0, 0.1) is 5.82 Å². The number of fused-ring (bicyclic) bond motifs is 1. The van der Waals surface area contributed by atoms with Crippen molar-refractivity contribution in [3.8, 4) is 0 Å². The average molecular weight is 290 g/mol. The number of nitrogens with zero attached hydrogens (tertiary/aromatic N) is 2. The number of aromatic nitrogens is 2. The number of hydrogen-bond donors (Lipinski definition) is 1. The Morgan fingerprint density at radius 2 is 2.40 bits per heavy atom. The summed E-state index contributed by atoms with van der Waals surface area (Å²) in [6.07, 6.45) is 7.08. The van der Waals surface area contributed by atoms with Crippen LogP contribution >= 0.6 is 11.8 Å². The van der Waals surface area contributed by atoms with Crippen molar-refractivity contribution in [1.82, 2.24) is 9.55 Å². The van der Waals surface area contributed by atoms with Gasteiger partial charge in [0.2, 0.25) is 0 Å². The topological polar surface area (TPSA) is 38.0 Å². The van der Waals surface area contributed by atoms with Crippen LogP contribution < -0.4 is 0 Å². The highest BCUT2D eigenvalue weighted by atomic mass is 32.2. The monoisotopic (exact) mass is 290 g/mol. The number of rotatable bonds is 4. The Kier molecular flexibility index (Phi) is 3.40. The van der Waals surface area contributed by atoms with E-state index in [-0.39, 0.29) is 5.82 Å². The van der Waals surface area contributed by atoms with Gasteiger partial charge in [-0.3, -0.25) is 0 Å². The summed E-state index contributed by atoms with van der Waals surface area (Å²) in [6.45, 7) is 4.39. The molecule has 0 radical (unpaired) electrons. The first kappa shape index (κ1) is 13.4. The minimum absolute atomic E-state index is 0.277. The molecule has 0 saturated heterocycles. The quantitative estimate of drug-likeness (QED) is 0.879. The van der Waals surface area contributed by atoms with Gasteiger partial charge in [-0.05, 0) is 24.1 Å². The van der Waals surface area contributed by atoms with Gasteiger partial charge in [-0.1, -0.05) is 12.1 Å². The van der Waals surface area contributed by atoms with Crippen molar-refractivity contribution in [1.29, 1.82) is 0 Å². The van der Waals surface area contributed by atoms with Crippen molar-refractivity contribution in [2.45, 2.75) is 28.7 Å². The average Bonchev–Trinajstić information content (AvgIpc) is 2.99. The number of aliphatic hydroxyl groups excluding tert-OH is 1. The Morgan fingerprint density at radius 1 is 1.55 bits per heavy atom. The number of imidazole rings is 1. The molecule has 0 bridgehead atoms. The van der Waals surface area contributed by atoms with Gasteiger partial charge in [-0.2, -0.15) is 0 Å². The summed E-state index contributed by atoms with van der Waals surface area (Å²) in [6, 6.07) is 4.55. The molecule has 1 aromatic carbocycles. The number of hydrogen-bond acceptors (Lipinski definition) is 3. The standard InChI is InChI=1S/C15H15FN2OS/c1-2-5-15(9-18-7-6-17-10-18)14(19)12-4-3-11(16)8-13(12)20-15/h2-4,6-8,10,14,19H,1,5,9H2/t14-,15+/m0/s1.